The Labute approximate surface area is 156 Å². The van der Waals surface area contributed by atoms with Crippen LogP contribution in [0.1, 0.15) is 0 Å². The molecule has 3 aromatic rings. The number of nitrogens with zero attached hydrogens (tertiary/aromatic N) is 6. The molecular weight excluding hydrogens is 344 g/mol. The molecular formula is C19H22N6O2. The highest BCUT2D eigenvalue weighted by Crippen LogP contribution is 2.11. The maximum Gasteiger partial charge on any atom is 0.242 e. The van der Waals surface area contributed by atoms with Crippen molar-refractivity contribution in [2.75, 3.05) is 32.7 Å². The summed E-state index contributed by atoms with van der Waals surface area (Å²) in [6.07, 6.45) is 4.96. The van der Waals surface area contributed by atoms with Gasteiger partial charge in [0.25, 0.3) is 0 Å². The number of benzene rings is 1. The van der Waals surface area contributed by atoms with Gasteiger partial charge in [-0.05, 0) is 12.1 Å². The molecule has 1 aliphatic heterocycles. The van der Waals surface area contributed by atoms with Crippen molar-refractivity contribution in [2.24, 2.45) is 0 Å². The Bertz CT molecular complexity index is 973. The second-order valence-electron chi connectivity index (χ2n) is 6.71. The average molecular weight is 366 g/mol. The van der Waals surface area contributed by atoms with Gasteiger partial charge in [-0.15, -0.1) is 0 Å². The molecule has 0 unspecified atom stereocenters. The molecule has 0 atom stereocenters. The van der Waals surface area contributed by atoms with E-state index in [1.807, 2.05) is 32.3 Å². The van der Waals surface area contributed by atoms with Gasteiger partial charge in [0, 0.05) is 50.4 Å². The van der Waals surface area contributed by atoms with E-state index in [9.17, 15) is 9.59 Å². The molecule has 1 saturated heterocycles. The van der Waals surface area contributed by atoms with Gasteiger partial charge in [-0.2, -0.15) is 5.10 Å². The smallest absolute Gasteiger partial charge is 0.242 e. The van der Waals surface area contributed by atoms with Gasteiger partial charge in [-0.3, -0.25) is 19.2 Å². The molecule has 1 amide bonds. The predicted molar refractivity (Wildman–Crippen MR) is 101 cm³/mol. The maximum absolute atomic E-state index is 12.7. The van der Waals surface area contributed by atoms with Crippen LogP contribution in [-0.2, 0) is 17.9 Å². The molecule has 0 bridgehead atoms. The third-order valence-corrected chi connectivity index (χ3v) is 5.03. The number of fused-ring (bicyclic) bond motifs is 1. The number of hydrogen-bond donors (Lipinski definition) is 0. The van der Waals surface area contributed by atoms with E-state index < -0.39 is 0 Å². The fourth-order valence-corrected chi connectivity index (χ4v) is 3.46. The second kappa shape index (κ2) is 7.71. The fraction of sp³-hybridized carbons (Fsp3) is 0.368. The van der Waals surface area contributed by atoms with Gasteiger partial charge in [0.15, 0.2) is 5.43 Å². The molecule has 1 aromatic carbocycles. The summed E-state index contributed by atoms with van der Waals surface area (Å²) in [5.41, 5.74) is 0.778. The monoisotopic (exact) mass is 366 g/mol. The summed E-state index contributed by atoms with van der Waals surface area (Å²) < 4.78 is 3.68. The van der Waals surface area contributed by atoms with E-state index in [1.54, 1.807) is 18.6 Å². The van der Waals surface area contributed by atoms with Gasteiger partial charge in [0.2, 0.25) is 5.91 Å². The van der Waals surface area contributed by atoms with Crippen molar-refractivity contribution in [1.82, 2.24) is 29.1 Å². The summed E-state index contributed by atoms with van der Waals surface area (Å²) in [5.74, 6) is 0.0831. The average Bonchev–Trinajstić information content (AvgIpc) is 3.23. The molecule has 27 heavy (non-hydrogen) atoms. The lowest BCUT2D eigenvalue weighted by Crippen LogP contribution is -2.50. The standard InChI is InChI=1S/C19H22N6O2/c26-18-5-6-24(17-4-2-1-3-16(17)18)13-19(27)23-10-7-22(8-11-23)9-12-25-15-20-14-21-25/h1-6,14-15H,7-13H2. The van der Waals surface area contributed by atoms with Crippen molar-refractivity contribution in [3.8, 4) is 0 Å². The summed E-state index contributed by atoms with van der Waals surface area (Å²) in [7, 11) is 0. The minimum atomic E-state index is -0.0182. The van der Waals surface area contributed by atoms with Gasteiger partial charge in [0.1, 0.15) is 19.2 Å². The van der Waals surface area contributed by atoms with E-state index in [2.05, 4.69) is 15.0 Å². The van der Waals surface area contributed by atoms with Gasteiger partial charge in [0.05, 0.1) is 12.1 Å². The van der Waals surface area contributed by atoms with Gasteiger partial charge < -0.3 is 9.47 Å². The number of carbonyl (C=O) groups is 1. The van der Waals surface area contributed by atoms with E-state index in [1.165, 1.54) is 12.4 Å². The zero-order valence-electron chi connectivity index (χ0n) is 15.1. The third kappa shape index (κ3) is 3.90. The van der Waals surface area contributed by atoms with Gasteiger partial charge in [-0.1, -0.05) is 12.1 Å². The quantitative estimate of drug-likeness (QED) is 0.655. The molecule has 0 N–H and O–H groups in total. The molecule has 0 aliphatic carbocycles. The Kier molecular flexibility index (Phi) is 4.97. The highest BCUT2D eigenvalue weighted by molar-refractivity contribution is 5.82. The number of hydrogen-bond acceptors (Lipinski definition) is 5. The lowest BCUT2D eigenvalue weighted by atomic mass is 10.2. The molecule has 1 aliphatic rings. The van der Waals surface area contributed by atoms with E-state index in [0.29, 0.717) is 18.5 Å². The molecule has 8 heteroatoms. The van der Waals surface area contributed by atoms with Crippen LogP contribution in [0, 0.1) is 0 Å². The Hall–Kier alpha value is -3.00. The Morgan fingerprint density at radius 1 is 1.04 bits per heavy atom. The van der Waals surface area contributed by atoms with E-state index >= 15 is 0 Å². The van der Waals surface area contributed by atoms with Crippen LogP contribution in [0.25, 0.3) is 10.9 Å². The minimum Gasteiger partial charge on any atom is -0.339 e. The first-order valence-electron chi connectivity index (χ1n) is 9.11. The highest BCUT2D eigenvalue weighted by Gasteiger charge is 2.21. The summed E-state index contributed by atoms with van der Waals surface area (Å²) >= 11 is 0. The topological polar surface area (TPSA) is 76.3 Å². The van der Waals surface area contributed by atoms with E-state index in [0.717, 1.165) is 31.7 Å². The van der Waals surface area contributed by atoms with Crippen LogP contribution in [0.2, 0.25) is 0 Å². The first-order valence-corrected chi connectivity index (χ1v) is 9.11. The van der Waals surface area contributed by atoms with Crippen LogP contribution in [0.15, 0.2) is 54.0 Å². The van der Waals surface area contributed by atoms with Crippen molar-refractivity contribution >= 4 is 16.8 Å². The number of amides is 1. The van der Waals surface area contributed by atoms with E-state index in [4.69, 9.17) is 0 Å². The van der Waals surface area contributed by atoms with Crippen LogP contribution in [0.4, 0.5) is 0 Å². The highest BCUT2D eigenvalue weighted by atomic mass is 16.2. The first-order chi connectivity index (χ1) is 13.2. The number of pyridine rings is 1. The number of piperazine rings is 1. The molecule has 4 rings (SSSR count). The Balaban J connectivity index is 1.35. The largest absolute Gasteiger partial charge is 0.339 e. The fourth-order valence-electron chi connectivity index (χ4n) is 3.46. The van der Waals surface area contributed by atoms with Crippen molar-refractivity contribution in [2.45, 2.75) is 13.1 Å². The maximum atomic E-state index is 12.7. The number of rotatable bonds is 5. The van der Waals surface area contributed by atoms with Crippen molar-refractivity contribution < 1.29 is 4.79 Å². The molecule has 0 saturated carbocycles. The van der Waals surface area contributed by atoms with Gasteiger partial charge in [-0.25, -0.2) is 4.98 Å². The summed E-state index contributed by atoms with van der Waals surface area (Å²) in [5, 5.41) is 4.76. The van der Waals surface area contributed by atoms with Crippen LogP contribution < -0.4 is 5.43 Å². The molecule has 2 aromatic heterocycles. The molecule has 3 heterocycles. The molecule has 0 spiro atoms. The van der Waals surface area contributed by atoms with Crippen LogP contribution >= 0.6 is 0 Å². The van der Waals surface area contributed by atoms with Crippen molar-refractivity contribution in [1.29, 1.82) is 0 Å². The summed E-state index contributed by atoms with van der Waals surface area (Å²) in [6, 6.07) is 8.93. The third-order valence-electron chi connectivity index (χ3n) is 5.03. The molecule has 8 nitrogen and oxygen atoms in total. The molecule has 140 valence electrons. The lowest BCUT2D eigenvalue weighted by Gasteiger charge is -2.34. The van der Waals surface area contributed by atoms with Crippen LogP contribution in [0.3, 0.4) is 0 Å². The second-order valence-corrected chi connectivity index (χ2v) is 6.71. The zero-order chi connectivity index (χ0) is 18.6. The minimum absolute atomic E-state index is 0.0182. The summed E-state index contributed by atoms with van der Waals surface area (Å²) in [6.45, 7) is 5.09. The Morgan fingerprint density at radius 2 is 1.85 bits per heavy atom. The predicted octanol–water partition coefficient (Wildman–Crippen LogP) is 0.437. The number of aromatic nitrogens is 4. The number of carbonyl (C=O) groups excluding carboxylic acids is 1. The lowest BCUT2D eigenvalue weighted by molar-refractivity contribution is -0.133. The summed E-state index contributed by atoms with van der Waals surface area (Å²) in [4.78, 5) is 32.9. The van der Waals surface area contributed by atoms with Crippen molar-refractivity contribution in [3.63, 3.8) is 0 Å². The first kappa shape index (κ1) is 17.4. The molecule has 1 fully saturated rings. The van der Waals surface area contributed by atoms with Crippen LogP contribution in [0.5, 0.6) is 0 Å². The SMILES string of the molecule is O=C(Cn1ccc(=O)c2ccccc21)N1CCN(CCn2cncn2)CC1. The van der Waals surface area contributed by atoms with Crippen molar-refractivity contribution in [3.05, 3.63) is 59.4 Å². The zero-order valence-corrected chi connectivity index (χ0v) is 15.1. The number of para-hydroxylation sites is 1. The van der Waals surface area contributed by atoms with Crippen LogP contribution in [-0.4, -0.2) is 67.8 Å². The van der Waals surface area contributed by atoms with E-state index in [-0.39, 0.29) is 17.9 Å². The Morgan fingerprint density at radius 3 is 2.63 bits per heavy atom. The molecule has 0 radical (unpaired) electrons. The normalized spacial score (nSPS) is 15.3. The van der Waals surface area contributed by atoms with Gasteiger partial charge >= 0.3 is 0 Å².